The van der Waals surface area contributed by atoms with Gasteiger partial charge < -0.3 is 15.4 Å². The molecule has 1 atom stereocenters. The Kier molecular flexibility index (Phi) is 3.51. The minimum Gasteiger partial charge on any atom is -0.378 e. The summed E-state index contributed by atoms with van der Waals surface area (Å²) < 4.78 is 5.08. The third-order valence-corrected chi connectivity index (χ3v) is 1.58. The lowest BCUT2D eigenvalue weighted by molar-refractivity contribution is -0.125. The van der Waals surface area contributed by atoms with Crippen molar-refractivity contribution in [3.63, 3.8) is 0 Å². The molecular formula is C7H11N3O2. The Bertz CT molecular complexity index is 193. The number of ether oxygens (including phenoxy) is 1. The summed E-state index contributed by atoms with van der Waals surface area (Å²) in [6.45, 7) is 1.76. The molecule has 1 unspecified atom stereocenters. The maximum atomic E-state index is 11.2. The fourth-order valence-corrected chi connectivity index (χ4v) is 0.984. The smallest absolute Gasteiger partial charge is 0.240 e. The van der Waals surface area contributed by atoms with Gasteiger partial charge in [0.05, 0.1) is 19.3 Å². The van der Waals surface area contributed by atoms with Gasteiger partial charge in [0.25, 0.3) is 0 Å². The van der Waals surface area contributed by atoms with Crippen LogP contribution in [-0.4, -0.2) is 38.3 Å². The standard InChI is InChI=1S/C7H11N3O2/c8-1-2-10-7(11)6-5-12-4-3-9-6/h6,9H,2-5H2,(H,10,11). The Balaban J connectivity index is 2.26. The molecule has 0 spiro atoms. The number of hydrogen-bond donors (Lipinski definition) is 2. The number of carbonyl (C=O) groups is 1. The van der Waals surface area contributed by atoms with Crippen molar-refractivity contribution in [2.24, 2.45) is 0 Å². The number of hydrogen-bond acceptors (Lipinski definition) is 4. The zero-order chi connectivity index (χ0) is 8.81. The second-order valence-corrected chi connectivity index (χ2v) is 2.46. The quantitative estimate of drug-likeness (QED) is 0.499. The zero-order valence-electron chi connectivity index (χ0n) is 6.67. The molecule has 0 aromatic heterocycles. The summed E-state index contributed by atoms with van der Waals surface area (Å²) in [5.74, 6) is -0.170. The number of nitriles is 1. The molecule has 0 aliphatic carbocycles. The minimum atomic E-state index is -0.299. The van der Waals surface area contributed by atoms with Crippen LogP contribution in [-0.2, 0) is 9.53 Å². The number of carbonyl (C=O) groups excluding carboxylic acids is 1. The molecule has 1 aliphatic rings. The van der Waals surface area contributed by atoms with Crippen molar-refractivity contribution >= 4 is 5.91 Å². The van der Waals surface area contributed by atoms with E-state index < -0.39 is 0 Å². The summed E-state index contributed by atoms with van der Waals surface area (Å²) in [5, 5.41) is 13.6. The van der Waals surface area contributed by atoms with E-state index in [0.29, 0.717) is 19.8 Å². The highest BCUT2D eigenvalue weighted by Gasteiger charge is 2.20. The fourth-order valence-electron chi connectivity index (χ4n) is 0.984. The van der Waals surface area contributed by atoms with Gasteiger partial charge in [0.1, 0.15) is 12.6 Å². The molecule has 0 saturated carbocycles. The van der Waals surface area contributed by atoms with Crippen LogP contribution < -0.4 is 10.6 Å². The molecule has 1 saturated heterocycles. The zero-order valence-corrected chi connectivity index (χ0v) is 6.67. The fraction of sp³-hybridized carbons (Fsp3) is 0.714. The number of morpholine rings is 1. The van der Waals surface area contributed by atoms with Gasteiger partial charge in [0.2, 0.25) is 5.91 Å². The van der Waals surface area contributed by atoms with Gasteiger partial charge in [-0.15, -0.1) is 0 Å². The molecular weight excluding hydrogens is 158 g/mol. The third kappa shape index (κ3) is 2.49. The first-order valence-corrected chi connectivity index (χ1v) is 3.80. The van der Waals surface area contributed by atoms with E-state index in [2.05, 4.69) is 10.6 Å². The molecule has 5 heteroatoms. The van der Waals surface area contributed by atoms with Crippen LogP contribution in [0.25, 0.3) is 0 Å². The van der Waals surface area contributed by atoms with Gasteiger partial charge in [-0.3, -0.25) is 4.79 Å². The van der Waals surface area contributed by atoms with Crippen molar-refractivity contribution < 1.29 is 9.53 Å². The van der Waals surface area contributed by atoms with E-state index >= 15 is 0 Å². The van der Waals surface area contributed by atoms with Gasteiger partial charge in [-0.05, 0) is 0 Å². The van der Waals surface area contributed by atoms with Gasteiger partial charge in [-0.1, -0.05) is 0 Å². The molecule has 2 N–H and O–H groups in total. The van der Waals surface area contributed by atoms with Crippen molar-refractivity contribution in [3.8, 4) is 6.07 Å². The highest BCUT2D eigenvalue weighted by atomic mass is 16.5. The van der Waals surface area contributed by atoms with E-state index in [1.165, 1.54) is 0 Å². The van der Waals surface area contributed by atoms with Crippen molar-refractivity contribution in [2.75, 3.05) is 26.3 Å². The molecule has 5 nitrogen and oxygen atoms in total. The molecule has 1 rings (SSSR count). The van der Waals surface area contributed by atoms with E-state index in [1.54, 1.807) is 0 Å². The van der Waals surface area contributed by atoms with Crippen molar-refractivity contribution in [1.82, 2.24) is 10.6 Å². The second kappa shape index (κ2) is 4.70. The van der Waals surface area contributed by atoms with Crippen LogP contribution in [0.5, 0.6) is 0 Å². The molecule has 0 aromatic rings. The lowest BCUT2D eigenvalue weighted by atomic mass is 10.2. The van der Waals surface area contributed by atoms with E-state index in [0.717, 1.165) is 0 Å². The largest absolute Gasteiger partial charge is 0.378 e. The topological polar surface area (TPSA) is 74.2 Å². The molecule has 1 amide bonds. The predicted molar refractivity (Wildman–Crippen MR) is 41.2 cm³/mol. The van der Waals surface area contributed by atoms with Crippen LogP contribution in [0.2, 0.25) is 0 Å². The summed E-state index contributed by atoms with van der Waals surface area (Å²) in [4.78, 5) is 11.2. The molecule has 1 fully saturated rings. The maximum Gasteiger partial charge on any atom is 0.240 e. The summed E-state index contributed by atoms with van der Waals surface area (Å²) in [7, 11) is 0. The SMILES string of the molecule is N#CCNC(=O)C1COCCN1. The summed E-state index contributed by atoms with van der Waals surface area (Å²) >= 11 is 0. The van der Waals surface area contributed by atoms with Crippen molar-refractivity contribution in [1.29, 1.82) is 5.26 Å². The van der Waals surface area contributed by atoms with Gasteiger partial charge >= 0.3 is 0 Å². The summed E-state index contributed by atoms with van der Waals surface area (Å²) in [6.07, 6.45) is 0. The lowest BCUT2D eigenvalue weighted by Crippen LogP contribution is -2.51. The van der Waals surface area contributed by atoms with Crippen LogP contribution in [0, 0.1) is 11.3 Å². The molecule has 1 aliphatic heterocycles. The molecule has 0 radical (unpaired) electrons. The average molecular weight is 169 g/mol. The minimum absolute atomic E-state index is 0.0526. The van der Waals surface area contributed by atoms with Crippen molar-refractivity contribution in [3.05, 3.63) is 0 Å². The van der Waals surface area contributed by atoms with Gasteiger partial charge in [0.15, 0.2) is 0 Å². The lowest BCUT2D eigenvalue weighted by Gasteiger charge is -2.22. The number of nitrogens with one attached hydrogen (secondary N) is 2. The van der Waals surface area contributed by atoms with Crippen LogP contribution >= 0.6 is 0 Å². The van der Waals surface area contributed by atoms with Crippen LogP contribution in [0.15, 0.2) is 0 Å². The van der Waals surface area contributed by atoms with Crippen LogP contribution in [0.3, 0.4) is 0 Å². The van der Waals surface area contributed by atoms with Gasteiger partial charge in [0, 0.05) is 6.54 Å². The summed E-state index contributed by atoms with van der Waals surface area (Å²) in [5.41, 5.74) is 0. The second-order valence-electron chi connectivity index (χ2n) is 2.46. The summed E-state index contributed by atoms with van der Waals surface area (Å²) in [6, 6.07) is 1.54. The monoisotopic (exact) mass is 169 g/mol. The molecule has 0 bridgehead atoms. The number of nitrogens with zero attached hydrogens (tertiary/aromatic N) is 1. The number of rotatable bonds is 2. The first kappa shape index (κ1) is 8.97. The third-order valence-electron chi connectivity index (χ3n) is 1.58. The van der Waals surface area contributed by atoms with E-state index in [4.69, 9.17) is 10.00 Å². The molecule has 1 heterocycles. The highest BCUT2D eigenvalue weighted by Crippen LogP contribution is 1.91. The van der Waals surface area contributed by atoms with Crippen LogP contribution in [0.1, 0.15) is 0 Å². The highest BCUT2D eigenvalue weighted by molar-refractivity contribution is 5.82. The van der Waals surface area contributed by atoms with E-state index in [1.807, 2.05) is 6.07 Å². The Morgan fingerprint density at radius 3 is 3.25 bits per heavy atom. The Labute approximate surface area is 70.7 Å². The number of amides is 1. The Hall–Kier alpha value is -1.12. The average Bonchev–Trinajstić information content (AvgIpc) is 2.15. The van der Waals surface area contributed by atoms with Gasteiger partial charge in [-0.25, -0.2) is 0 Å². The predicted octanol–water partition coefficient (Wildman–Crippen LogP) is -1.39. The normalized spacial score (nSPS) is 22.8. The first-order chi connectivity index (χ1) is 5.84. The molecule has 66 valence electrons. The van der Waals surface area contributed by atoms with Crippen LogP contribution in [0.4, 0.5) is 0 Å². The van der Waals surface area contributed by atoms with Gasteiger partial charge in [-0.2, -0.15) is 5.26 Å². The first-order valence-electron chi connectivity index (χ1n) is 3.80. The van der Waals surface area contributed by atoms with E-state index in [-0.39, 0.29) is 18.5 Å². The molecule has 0 aromatic carbocycles. The molecule has 12 heavy (non-hydrogen) atoms. The van der Waals surface area contributed by atoms with E-state index in [9.17, 15) is 4.79 Å². The van der Waals surface area contributed by atoms with Crippen molar-refractivity contribution in [2.45, 2.75) is 6.04 Å². The Morgan fingerprint density at radius 1 is 1.83 bits per heavy atom. The maximum absolute atomic E-state index is 11.2. The Morgan fingerprint density at radius 2 is 2.67 bits per heavy atom.